The monoisotopic (exact) mass is 352 g/mol. The molecule has 24 heavy (non-hydrogen) atoms. The fourth-order valence-corrected chi connectivity index (χ4v) is 2.72. The first-order chi connectivity index (χ1) is 11.5. The van der Waals surface area contributed by atoms with Crippen LogP contribution < -0.4 is 14.2 Å². The summed E-state index contributed by atoms with van der Waals surface area (Å²) < 4.78 is 17.7. The number of pyridine rings is 1. The summed E-state index contributed by atoms with van der Waals surface area (Å²) in [7, 11) is 3.18. The fraction of sp³-hybridized carbons (Fsp3) is 0.400. The predicted molar refractivity (Wildman–Crippen MR) is 89.9 cm³/mol. The van der Waals surface area contributed by atoms with Gasteiger partial charge in [-0.3, -0.25) is 4.68 Å². The smallest absolute Gasteiger partial charge is 0.400 e. The summed E-state index contributed by atoms with van der Waals surface area (Å²) in [6, 6.07) is 5.27. The lowest BCUT2D eigenvalue weighted by Gasteiger charge is -2.10. The van der Waals surface area contributed by atoms with Crippen molar-refractivity contribution < 1.29 is 18.7 Å². The average molecular weight is 352 g/mol. The summed E-state index contributed by atoms with van der Waals surface area (Å²) >= 11 is 0. The molecule has 0 bridgehead atoms. The van der Waals surface area contributed by atoms with E-state index in [1.165, 1.54) is 4.57 Å². The summed E-state index contributed by atoms with van der Waals surface area (Å²) in [5, 5.41) is 11.6. The SMILES string of the molecule is CN(C)c1cc[n+](C(=O)NS(=O)c2ccn(C3CC3)n2)cc1.CO. The molecule has 2 aromatic rings. The number of hydrogen-bond acceptors (Lipinski definition) is 5. The molecule has 130 valence electrons. The molecule has 2 heterocycles. The molecule has 1 aliphatic carbocycles. The van der Waals surface area contributed by atoms with Crippen LogP contribution >= 0.6 is 0 Å². The van der Waals surface area contributed by atoms with Crippen LogP contribution in [0.1, 0.15) is 18.9 Å². The summed E-state index contributed by atoms with van der Waals surface area (Å²) in [6.07, 6.45) is 7.27. The van der Waals surface area contributed by atoms with Crippen LogP contribution in [-0.4, -0.2) is 46.3 Å². The Morgan fingerprint density at radius 2 is 1.96 bits per heavy atom. The summed E-state index contributed by atoms with van der Waals surface area (Å²) in [5.41, 5.74) is 0.980. The van der Waals surface area contributed by atoms with Gasteiger partial charge in [0.1, 0.15) is 12.4 Å². The molecule has 0 saturated heterocycles. The Balaban J connectivity index is 0.00000100. The van der Waals surface area contributed by atoms with Gasteiger partial charge in [-0.1, -0.05) is 0 Å². The standard InChI is InChI=1S/C14H17N5O2S.CH4O/c1-17(2)11-5-8-18(9-6-11)14(20)16-22(21)13-7-10-19(15-13)12-3-4-12;1-2/h5-10,12H,3-4H2,1-2H3;2H,1H3/p+1. The van der Waals surface area contributed by atoms with Crippen molar-refractivity contribution in [1.82, 2.24) is 14.5 Å². The third-order valence-corrected chi connectivity index (χ3v) is 4.40. The fourth-order valence-electron chi connectivity index (χ4n) is 2.00. The van der Waals surface area contributed by atoms with Crippen molar-refractivity contribution in [3.05, 3.63) is 36.8 Å². The molecule has 2 aromatic heterocycles. The lowest BCUT2D eigenvalue weighted by Crippen LogP contribution is -2.50. The quantitative estimate of drug-likeness (QED) is 0.780. The van der Waals surface area contributed by atoms with Crippen molar-refractivity contribution in [1.29, 1.82) is 0 Å². The Kier molecular flexibility index (Phi) is 6.04. The topological polar surface area (TPSA) is 91.3 Å². The minimum absolute atomic E-state index is 0.366. The molecule has 1 fully saturated rings. The number of hydrogen-bond donors (Lipinski definition) is 2. The van der Waals surface area contributed by atoms with E-state index >= 15 is 0 Å². The van der Waals surface area contributed by atoms with Crippen molar-refractivity contribution in [2.75, 3.05) is 26.1 Å². The van der Waals surface area contributed by atoms with Crippen LogP contribution in [0.5, 0.6) is 0 Å². The molecule has 8 nitrogen and oxygen atoms in total. The Morgan fingerprint density at radius 1 is 1.33 bits per heavy atom. The maximum absolute atomic E-state index is 12.1. The van der Waals surface area contributed by atoms with Gasteiger partial charge in [0.25, 0.3) is 11.0 Å². The van der Waals surface area contributed by atoms with E-state index in [0.717, 1.165) is 25.6 Å². The van der Waals surface area contributed by atoms with Crippen molar-refractivity contribution >= 4 is 22.7 Å². The summed E-state index contributed by atoms with van der Waals surface area (Å²) in [6.45, 7) is 0. The van der Waals surface area contributed by atoms with E-state index in [4.69, 9.17) is 5.11 Å². The highest BCUT2D eigenvalue weighted by Gasteiger charge is 2.26. The van der Waals surface area contributed by atoms with E-state index in [0.29, 0.717) is 11.1 Å². The highest BCUT2D eigenvalue weighted by molar-refractivity contribution is 7.83. The van der Waals surface area contributed by atoms with Gasteiger partial charge in [0.15, 0.2) is 5.03 Å². The highest BCUT2D eigenvalue weighted by atomic mass is 32.2. The normalized spacial score (nSPS) is 14.3. The maximum Gasteiger partial charge on any atom is 0.509 e. The zero-order chi connectivity index (χ0) is 17.7. The molecule has 2 N–H and O–H groups in total. The minimum atomic E-state index is -1.66. The zero-order valence-corrected chi connectivity index (χ0v) is 14.7. The van der Waals surface area contributed by atoms with Crippen molar-refractivity contribution in [2.24, 2.45) is 0 Å². The van der Waals surface area contributed by atoms with E-state index in [-0.39, 0.29) is 0 Å². The number of rotatable bonds is 4. The Hall–Kier alpha value is -2.26. The van der Waals surface area contributed by atoms with Gasteiger partial charge in [-0.15, -0.1) is 4.72 Å². The third-order valence-electron chi connectivity index (χ3n) is 3.44. The van der Waals surface area contributed by atoms with Crippen molar-refractivity contribution in [2.45, 2.75) is 23.9 Å². The van der Waals surface area contributed by atoms with Crippen LogP contribution in [-0.2, 0) is 11.0 Å². The number of nitrogens with one attached hydrogen (secondary N) is 1. The van der Waals surface area contributed by atoms with E-state index in [9.17, 15) is 9.00 Å². The number of aliphatic hydroxyl groups excluding tert-OH is 1. The number of nitrogens with zero attached hydrogens (tertiary/aromatic N) is 4. The second-order valence-corrected chi connectivity index (χ2v) is 6.56. The van der Waals surface area contributed by atoms with Gasteiger partial charge < -0.3 is 10.0 Å². The maximum atomic E-state index is 12.1. The van der Waals surface area contributed by atoms with Gasteiger partial charge in [-0.05, 0) is 18.9 Å². The lowest BCUT2D eigenvalue weighted by molar-refractivity contribution is -0.570. The molecule has 3 rings (SSSR count). The molecule has 1 aliphatic rings. The lowest BCUT2D eigenvalue weighted by atomic mass is 10.4. The van der Waals surface area contributed by atoms with E-state index in [2.05, 4.69) is 9.82 Å². The number of aliphatic hydroxyl groups is 1. The van der Waals surface area contributed by atoms with Gasteiger partial charge in [-0.25, -0.2) is 4.21 Å². The number of aromatic nitrogens is 3. The first kappa shape index (κ1) is 18.1. The van der Waals surface area contributed by atoms with E-state index in [1.54, 1.807) is 29.3 Å². The molecule has 1 unspecified atom stereocenters. The van der Waals surface area contributed by atoms with Crippen LogP contribution in [0.25, 0.3) is 0 Å². The van der Waals surface area contributed by atoms with Gasteiger partial charge in [0.2, 0.25) is 0 Å². The highest BCUT2D eigenvalue weighted by Crippen LogP contribution is 2.34. The zero-order valence-electron chi connectivity index (χ0n) is 13.9. The summed E-state index contributed by atoms with van der Waals surface area (Å²) in [4.78, 5) is 14.0. The van der Waals surface area contributed by atoms with Crippen LogP contribution in [0.3, 0.4) is 0 Å². The Morgan fingerprint density at radius 3 is 2.50 bits per heavy atom. The number of carbonyl (C=O) groups is 1. The molecular weight excluding hydrogens is 330 g/mol. The second-order valence-electron chi connectivity index (χ2n) is 5.40. The van der Waals surface area contributed by atoms with Gasteiger partial charge >= 0.3 is 6.03 Å². The van der Waals surface area contributed by atoms with Crippen molar-refractivity contribution in [3.8, 4) is 0 Å². The number of carbonyl (C=O) groups excluding carboxylic acids is 1. The van der Waals surface area contributed by atoms with E-state index in [1.807, 2.05) is 31.1 Å². The minimum Gasteiger partial charge on any atom is -0.400 e. The molecular formula is C15H22N5O3S+. The van der Waals surface area contributed by atoms with E-state index < -0.39 is 17.0 Å². The first-order valence-electron chi connectivity index (χ1n) is 7.46. The predicted octanol–water partition coefficient (Wildman–Crippen LogP) is 0.460. The van der Waals surface area contributed by atoms with Gasteiger partial charge in [-0.2, -0.15) is 14.5 Å². The average Bonchev–Trinajstić information content (AvgIpc) is 3.33. The number of anilines is 1. The molecule has 1 saturated carbocycles. The Labute approximate surface area is 143 Å². The molecule has 1 amide bonds. The van der Waals surface area contributed by atoms with Gasteiger partial charge in [0.05, 0.1) is 6.04 Å². The molecule has 9 heteroatoms. The number of amides is 1. The van der Waals surface area contributed by atoms with Crippen molar-refractivity contribution in [3.63, 3.8) is 0 Å². The van der Waals surface area contributed by atoms with Gasteiger partial charge in [0, 0.05) is 45.2 Å². The molecule has 0 aliphatic heterocycles. The molecule has 0 aromatic carbocycles. The molecule has 0 radical (unpaired) electrons. The second kappa shape index (κ2) is 8.02. The molecule has 0 spiro atoms. The van der Waals surface area contributed by atoms with Crippen LogP contribution in [0.15, 0.2) is 41.8 Å². The van der Waals surface area contributed by atoms with Crippen LogP contribution in [0.4, 0.5) is 10.5 Å². The van der Waals surface area contributed by atoms with Crippen LogP contribution in [0, 0.1) is 0 Å². The molecule has 1 atom stereocenters. The Bertz CT molecular complexity index is 710. The summed E-state index contributed by atoms with van der Waals surface area (Å²) in [5.74, 6) is 0. The van der Waals surface area contributed by atoms with Crippen LogP contribution in [0.2, 0.25) is 0 Å². The first-order valence-corrected chi connectivity index (χ1v) is 8.61. The largest absolute Gasteiger partial charge is 0.509 e. The third kappa shape index (κ3) is 4.39.